The third-order valence-electron chi connectivity index (χ3n) is 4.95. The molecule has 2 aromatic carbocycles. The van der Waals surface area contributed by atoms with E-state index in [9.17, 15) is 19.1 Å². The number of ether oxygens (including phenoxy) is 2. The molecule has 4 rings (SSSR count). The Kier molecular flexibility index (Phi) is 4.25. The Morgan fingerprint density at radius 1 is 1.14 bits per heavy atom. The van der Waals surface area contributed by atoms with Crippen molar-refractivity contribution in [3.63, 3.8) is 0 Å². The first-order chi connectivity index (χ1) is 13.2. The maximum atomic E-state index is 14.4. The van der Waals surface area contributed by atoms with Crippen molar-refractivity contribution in [3.05, 3.63) is 52.8 Å². The van der Waals surface area contributed by atoms with Gasteiger partial charge in [-0.15, -0.1) is 0 Å². The van der Waals surface area contributed by atoms with E-state index < -0.39 is 17.4 Å². The molecule has 0 saturated carbocycles. The molecule has 6 nitrogen and oxygen atoms in total. The van der Waals surface area contributed by atoms with Gasteiger partial charge in [0, 0.05) is 37.2 Å². The number of fused-ring (bicyclic) bond motifs is 1. The molecule has 28 heavy (non-hydrogen) atoms. The highest BCUT2D eigenvalue weighted by Gasteiger charge is 2.34. The summed E-state index contributed by atoms with van der Waals surface area (Å²) in [5, 5.41) is 9.52. The highest BCUT2D eigenvalue weighted by molar-refractivity contribution is 5.95. The summed E-state index contributed by atoms with van der Waals surface area (Å²) in [4.78, 5) is 25.4. The standard InChI is InChI=1S/C21H20FNO5/c1-21(2)11-16-15(20(25)26)8-13(10-18(16)28-21)27-12-4-5-14(17(22)9-12)19(24)23-6-3-7-23/h4-5,8-10H,3,6-7,11H2,1-2H3,(H,25,26). The summed E-state index contributed by atoms with van der Waals surface area (Å²) in [6, 6.07) is 7.02. The topological polar surface area (TPSA) is 76.1 Å². The number of hydrogen-bond donors (Lipinski definition) is 1. The predicted octanol–water partition coefficient (Wildman–Crippen LogP) is 3.88. The van der Waals surface area contributed by atoms with Gasteiger partial charge in [-0.3, -0.25) is 4.79 Å². The van der Waals surface area contributed by atoms with E-state index in [0.717, 1.165) is 12.5 Å². The molecule has 1 N–H and O–H groups in total. The molecule has 1 amide bonds. The number of nitrogens with zero attached hydrogens (tertiary/aromatic N) is 1. The molecule has 1 saturated heterocycles. The van der Waals surface area contributed by atoms with Crippen LogP contribution in [0.5, 0.6) is 17.2 Å². The molecule has 0 bridgehead atoms. The number of benzene rings is 2. The van der Waals surface area contributed by atoms with Crippen molar-refractivity contribution >= 4 is 11.9 Å². The Bertz CT molecular complexity index is 981. The summed E-state index contributed by atoms with van der Waals surface area (Å²) in [5.41, 5.74) is 0.211. The molecule has 2 heterocycles. The Balaban J connectivity index is 1.61. The first-order valence-electron chi connectivity index (χ1n) is 9.09. The zero-order chi connectivity index (χ0) is 20.1. The minimum absolute atomic E-state index is 0.00249. The minimum Gasteiger partial charge on any atom is -0.487 e. The number of carboxylic acid groups (broad SMARTS) is 1. The van der Waals surface area contributed by atoms with Crippen LogP contribution in [0.25, 0.3) is 0 Å². The lowest BCUT2D eigenvalue weighted by molar-refractivity contribution is 0.0645. The Morgan fingerprint density at radius 2 is 1.89 bits per heavy atom. The number of aromatic carboxylic acids is 1. The molecule has 0 aromatic heterocycles. The van der Waals surface area contributed by atoms with Crippen molar-refractivity contribution in [2.24, 2.45) is 0 Å². The van der Waals surface area contributed by atoms with E-state index in [-0.39, 0.29) is 28.5 Å². The molecule has 146 valence electrons. The van der Waals surface area contributed by atoms with Crippen molar-refractivity contribution in [3.8, 4) is 17.2 Å². The van der Waals surface area contributed by atoms with Gasteiger partial charge in [-0.2, -0.15) is 0 Å². The third-order valence-corrected chi connectivity index (χ3v) is 4.95. The first-order valence-corrected chi connectivity index (χ1v) is 9.09. The Labute approximate surface area is 161 Å². The number of hydrogen-bond acceptors (Lipinski definition) is 4. The average molecular weight is 385 g/mol. The number of amides is 1. The van der Waals surface area contributed by atoms with E-state index in [1.807, 2.05) is 13.8 Å². The number of halogens is 1. The van der Waals surface area contributed by atoms with Crippen LogP contribution in [0.3, 0.4) is 0 Å². The van der Waals surface area contributed by atoms with Crippen LogP contribution in [0, 0.1) is 5.82 Å². The van der Waals surface area contributed by atoms with Gasteiger partial charge in [0.05, 0.1) is 11.1 Å². The summed E-state index contributed by atoms with van der Waals surface area (Å²) in [6.45, 7) is 5.03. The molecule has 1 fully saturated rings. The molecule has 0 spiro atoms. The van der Waals surface area contributed by atoms with Crippen LogP contribution in [-0.2, 0) is 6.42 Å². The molecule has 2 aromatic rings. The molecular weight excluding hydrogens is 365 g/mol. The van der Waals surface area contributed by atoms with E-state index in [0.29, 0.717) is 30.8 Å². The van der Waals surface area contributed by atoms with E-state index in [4.69, 9.17) is 9.47 Å². The fourth-order valence-electron chi connectivity index (χ4n) is 3.46. The van der Waals surface area contributed by atoms with Crippen molar-refractivity contribution in [2.75, 3.05) is 13.1 Å². The number of carboxylic acids is 1. The van der Waals surface area contributed by atoms with E-state index in [1.165, 1.54) is 18.2 Å². The second-order valence-electron chi connectivity index (χ2n) is 7.68. The number of rotatable bonds is 4. The molecule has 0 unspecified atom stereocenters. The number of carbonyl (C=O) groups is 2. The summed E-state index contributed by atoms with van der Waals surface area (Å²) < 4.78 is 25.9. The molecular formula is C21H20FNO5. The number of carbonyl (C=O) groups excluding carboxylic acids is 1. The fraction of sp³-hybridized carbons (Fsp3) is 0.333. The van der Waals surface area contributed by atoms with Gasteiger partial charge in [-0.05, 0) is 38.5 Å². The minimum atomic E-state index is -1.08. The predicted molar refractivity (Wildman–Crippen MR) is 98.8 cm³/mol. The second-order valence-corrected chi connectivity index (χ2v) is 7.68. The Morgan fingerprint density at radius 3 is 2.50 bits per heavy atom. The maximum Gasteiger partial charge on any atom is 0.336 e. The largest absolute Gasteiger partial charge is 0.487 e. The SMILES string of the molecule is CC1(C)Cc2c(cc(Oc3ccc(C(=O)N4CCC4)c(F)c3)cc2C(=O)O)O1. The van der Waals surface area contributed by atoms with Crippen LogP contribution in [-0.4, -0.2) is 40.6 Å². The third kappa shape index (κ3) is 3.28. The van der Waals surface area contributed by atoms with Gasteiger partial charge in [0.25, 0.3) is 5.91 Å². The van der Waals surface area contributed by atoms with Crippen LogP contribution in [0.15, 0.2) is 30.3 Å². The summed E-state index contributed by atoms with van der Waals surface area (Å²) in [7, 11) is 0. The summed E-state index contributed by atoms with van der Waals surface area (Å²) in [5.74, 6) is -1.24. The highest BCUT2D eigenvalue weighted by atomic mass is 19.1. The molecule has 7 heteroatoms. The molecule has 2 aliphatic heterocycles. The lowest BCUT2D eigenvalue weighted by Gasteiger charge is -2.31. The monoisotopic (exact) mass is 385 g/mol. The van der Waals surface area contributed by atoms with Crippen LogP contribution in [0.4, 0.5) is 4.39 Å². The van der Waals surface area contributed by atoms with Gasteiger partial charge in [-0.25, -0.2) is 9.18 Å². The van der Waals surface area contributed by atoms with Gasteiger partial charge in [0.15, 0.2) is 0 Å². The highest BCUT2D eigenvalue weighted by Crippen LogP contribution is 2.41. The zero-order valence-electron chi connectivity index (χ0n) is 15.6. The van der Waals surface area contributed by atoms with Crippen molar-refractivity contribution in [1.82, 2.24) is 4.90 Å². The van der Waals surface area contributed by atoms with Crippen molar-refractivity contribution in [1.29, 1.82) is 0 Å². The van der Waals surface area contributed by atoms with Gasteiger partial charge < -0.3 is 19.5 Å². The molecule has 0 radical (unpaired) electrons. The molecule has 2 aliphatic rings. The summed E-state index contributed by atoms with van der Waals surface area (Å²) >= 11 is 0. The molecule has 0 aliphatic carbocycles. The van der Waals surface area contributed by atoms with Gasteiger partial charge in [-0.1, -0.05) is 0 Å². The zero-order valence-corrected chi connectivity index (χ0v) is 15.6. The van der Waals surface area contributed by atoms with E-state index in [1.54, 1.807) is 11.0 Å². The number of likely N-dealkylation sites (tertiary alicyclic amines) is 1. The van der Waals surface area contributed by atoms with Crippen molar-refractivity contribution in [2.45, 2.75) is 32.3 Å². The normalized spacial score (nSPS) is 16.8. The van der Waals surface area contributed by atoms with Gasteiger partial charge in [0.1, 0.15) is 28.7 Å². The van der Waals surface area contributed by atoms with Crippen LogP contribution >= 0.6 is 0 Å². The lowest BCUT2D eigenvalue weighted by Crippen LogP contribution is -2.42. The van der Waals surface area contributed by atoms with Gasteiger partial charge in [0.2, 0.25) is 0 Å². The van der Waals surface area contributed by atoms with E-state index >= 15 is 0 Å². The summed E-state index contributed by atoms with van der Waals surface area (Å²) in [6.07, 6.45) is 1.41. The maximum absolute atomic E-state index is 14.4. The van der Waals surface area contributed by atoms with Crippen LogP contribution in [0.1, 0.15) is 46.5 Å². The van der Waals surface area contributed by atoms with Crippen LogP contribution in [0.2, 0.25) is 0 Å². The molecule has 0 atom stereocenters. The van der Waals surface area contributed by atoms with Crippen LogP contribution < -0.4 is 9.47 Å². The first kappa shape index (κ1) is 18.3. The van der Waals surface area contributed by atoms with E-state index in [2.05, 4.69) is 0 Å². The smallest absolute Gasteiger partial charge is 0.336 e. The lowest BCUT2D eigenvalue weighted by atomic mass is 9.97. The van der Waals surface area contributed by atoms with Crippen molar-refractivity contribution < 1.29 is 28.6 Å². The Hall–Kier alpha value is -3.09. The second kappa shape index (κ2) is 6.51. The van der Waals surface area contributed by atoms with Gasteiger partial charge >= 0.3 is 5.97 Å². The fourth-order valence-corrected chi connectivity index (χ4v) is 3.46. The quantitative estimate of drug-likeness (QED) is 0.865. The average Bonchev–Trinajstić information content (AvgIpc) is 2.86.